The molecular weight excluding hydrogens is 331 g/mol. The Labute approximate surface area is 153 Å². The van der Waals surface area contributed by atoms with Crippen LogP contribution in [-0.4, -0.2) is 44.6 Å². The molecule has 0 radical (unpaired) electrons. The van der Waals surface area contributed by atoms with Gasteiger partial charge in [-0.3, -0.25) is 14.4 Å². The molecule has 0 saturated carbocycles. The zero-order valence-corrected chi connectivity index (χ0v) is 15.4. The lowest BCUT2D eigenvalue weighted by atomic mass is 9.94. The van der Waals surface area contributed by atoms with E-state index in [1.807, 2.05) is 15.6 Å². The number of rotatable bonds is 3. The molecular formula is C20H25FN4O. The van der Waals surface area contributed by atoms with Crippen LogP contribution in [0.15, 0.2) is 30.3 Å². The minimum absolute atomic E-state index is 0.0248. The number of nitrogens with zero attached hydrogens (tertiary/aromatic N) is 4. The number of halogens is 1. The van der Waals surface area contributed by atoms with Crippen LogP contribution in [-0.2, 0) is 13.1 Å². The normalized spacial score (nSPS) is 20.6. The molecule has 2 aliphatic heterocycles. The summed E-state index contributed by atoms with van der Waals surface area (Å²) in [5.74, 6) is -0.277. The summed E-state index contributed by atoms with van der Waals surface area (Å²) in [6, 6.07) is 8.89. The summed E-state index contributed by atoms with van der Waals surface area (Å²) in [6.45, 7) is 7.87. The molecule has 5 nitrogen and oxygen atoms in total. The average Bonchev–Trinajstić information content (AvgIpc) is 2.87. The minimum atomic E-state index is -0.251. The second-order valence-corrected chi connectivity index (χ2v) is 7.52. The van der Waals surface area contributed by atoms with Crippen molar-refractivity contribution in [3.63, 3.8) is 0 Å². The molecule has 1 atom stereocenters. The molecule has 0 bridgehead atoms. The van der Waals surface area contributed by atoms with Crippen molar-refractivity contribution in [3.8, 4) is 0 Å². The van der Waals surface area contributed by atoms with Crippen LogP contribution in [0.5, 0.6) is 0 Å². The Morgan fingerprint density at radius 1 is 1.19 bits per heavy atom. The number of amides is 1. The van der Waals surface area contributed by atoms with E-state index in [-0.39, 0.29) is 17.8 Å². The lowest BCUT2D eigenvalue weighted by Crippen LogP contribution is -2.45. The van der Waals surface area contributed by atoms with Crippen molar-refractivity contribution in [2.45, 2.75) is 51.9 Å². The third-order valence-electron chi connectivity index (χ3n) is 5.53. The summed E-state index contributed by atoms with van der Waals surface area (Å²) in [4.78, 5) is 17.2. The third kappa shape index (κ3) is 3.14. The topological polar surface area (TPSA) is 41.4 Å². The van der Waals surface area contributed by atoms with Crippen LogP contribution in [0, 0.1) is 5.82 Å². The Morgan fingerprint density at radius 3 is 2.62 bits per heavy atom. The van der Waals surface area contributed by atoms with E-state index in [1.54, 1.807) is 12.1 Å². The van der Waals surface area contributed by atoms with Gasteiger partial charge in [-0.05, 0) is 50.5 Å². The monoisotopic (exact) mass is 356 g/mol. The highest BCUT2D eigenvalue weighted by atomic mass is 19.1. The standard InChI is InChI=1S/C20H25FN4O/c1-14(2)23-9-3-10-25-17(13-23)12-18(22-25)20(26)24-11-8-19(24)15-4-6-16(21)7-5-15/h4-7,12,14,19H,3,8-11,13H2,1-2H3/t19-/m1/s1. The van der Waals surface area contributed by atoms with Gasteiger partial charge in [-0.15, -0.1) is 0 Å². The number of hydrogen-bond acceptors (Lipinski definition) is 3. The SMILES string of the molecule is CC(C)N1CCCn2nc(C(=O)N3CC[C@@H]3c3ccc(F)cc3)cc2C1. The molecule has 0 N–H and O–H groups in total. The Morgan fingerprint density at radius 2 is 1.96 bits per heavy atom. The zero-order chi connectivity index (χ0) is 18.3. The molecule has 1 aromatic carbocycles. The molecule has 6 heteroatoms. The van der Waals surface area contributed by atoms with Gasteiger partial charge in [-0.2, -0.15) is 5.10 Å². The molecule has 0 unspecified atom stereocenters. The third-order valence-corrected chi connectivity index (χ3v) is 5.53. The van der Waals surface area contributed by atoms with Gasteiger partial charge < -0.3 is 4.90 Å². The zero-order valence-electron chi connectivity index (χ0n) is 15.4. The summed E-state index contributed by atoms with van der Waals surface area (Å²) in [5, 5.41) is 4.59. The van der Waals surface area contributed by atoms with E-state index < -0.39 is 0 Å². The second-order valence-electron chi connectivity index (χ2n) is 7.52. The van der Waals surface area contributed by atoms with Crippen molar-refractivity contribution in [3.05, 3.63) is 53.1 Å². The van der Waals surface area contributed by atoms with E-state index in [9.17, 15) is 9.18 Å². The van der Waals surface area contributed by atoms with Gasteiger partial charge in [0.05, 0.1) is 11.7 Å². The van der Waals surface area contributed by atoms with Crippen LogP contribution < -0.4 is 0 Å². The quantitative estimate of drug-likeness (QED) is 0.848. The molecule has 26 heavy (non-hydrogen) atoms. The molecule has 1 aromatic heterocycles. The Hall–Kier alpha value is -2.21. The van der Waals surface area contributed by atoms with Gasteiger partial charge in [0.2, 0.25) is 0 Å². The van der Waals surface area contributed by atoms with Crippen LogP contribution >= 0.6 is 0 Å². The van der Waals surface area contributed by atoms with Gasteiger partial charge in [0.25, 0.3) is 5.91 Å². The first-order chi connectivity index (χ1) is 12.5. The Kier molecular flexibility index (Phi) is 4.53. The first-order valence-electron chi connectivity index (χ1n) is 9.40. The van der Waals surface area contributed by atoms with Gasteiger partial charge >= 0.3 is 0 Å². The molecule has 0 aliphatic carbocycles. The molecule has 3 heterocycles. The van der Waals surface area contributed by atoms with Crippen molar-refractivity contribution in [1.29, 1.82) is 0 Å². The number of fused-ring (bicyclic) bond motifs is 1. The minimum Gasteiger partial charge on any atom is -0.330 e. The number of aryl methyl sites for hydroxylation is 1. The molecule has 1 amide bonds. The van der Waals surface area contributed by atoms with E-state index in [2.05, 4.69) is 23.8 Å². The first-order valence-corrected chi connectivity index (χ1v) is 9.40. The summed E-state index contributed by atoms with van der Waals surface area (Å²) in [5.41, 5.74) is 2.62. The number of carbonyl (C=O) groups excluding carboxylic acids is 1. The number of carbonyl (C=O) groups is 1. The van der Waals surface area contributed by atoms with Crippen LogP contribution in [0.1, 0.15) is 54.5 Å². The van der Waals surface area contributed by atoms with Crippen molar-refractivity contribution >= 4 is 5.91 Å². The maximum atomic E-state index is 13.1. The molecule has 0 spiro atoms. The van der Waals surface area contributed by atoms with Gasteiger partial charge in [-0.1, -0.05) is 12.1 Å². The van der Waals surface area contributed by atoms with Crippen LogP contribution in [0.25, 0.3) is 0 Å². The lowest BCUT2D eigenvalue weighted by Gasteiger charge is -2.41. The molecule has 4 rings (SSSR count). The van der Waals surface area contributed by atoms with Gasteiger partial charge in [0.1, 0.15) is 5.82 Å². The van der Waals surface area contributed by atoms with E-state index >= 15 is 0 Å². The Bertz CT molecular complexity index is 799. The summed E-state index contributed by atoms with van der Waals surface area (Å²) in [6.07, 6.45) is 1.95. The lowest BCUT2D eigenvalue weighted by molar-refractivity contribution is 0.0453. The van der Waals surface area contributed by atoms with Crippen molar-refractivity contribution < 1.29 is 9.18 Å². The molecule has 1 saturated heterocycles. The van der Waals surface area contributed by atoms with E-state index in [0.29, 0.717) is 11.7 Å². The smallest absolute Gasteiger partial charge is 0.274 e. The predicted molar refractivity (Wildman–Crippen MR) is 97.2 cm³/mol. The molecule has 2 aromatic rings. The fourth-order valence-electron chi connectivity index (χ4n) is 3.84. The second kappa shape index (κ2) is 6.83. The predicted octanol–water partition coefficient (Wildman–Crippen LogP) is 3.22. The number of hydrogen-bond donors (Lipinski definition) is 0. The highest BCUT2D eigenvalue weighted by Crippen LogP contribution is 2.34. The van der Waals surface area contributed by atoms with Crippen molar-refractivity contribution in [2.75, 3.05) is 13.1 Å². The maximum Gasteiger partial charge on any atom is 0.274 e. The average molecular weight is 356 g/mol. The number of benzene rings is 1. The fourth-order valence-corrected chi connectivity index (χ4v) is 3.84. The van der Waals surface area contributed by atoms with Gasteiger partial charge in [-0.25, -0.2) is 4.39 Å². The van der Waals surface area contributed by atoms with E-state index in [0.717, 1.165) is 50.3 Å². The molecule has 138 valence electrons. The number of likely N-dealkylation sites (tertiary alicyclic amines) is 1. The number of aromatic nitrogens is 2. The Balaban J connectivity index is 1.52. The maximum absolute atomic E-state index is 13.1. The van der Waals surface area contributed by atoms with Gasteiger partial charge in [0, 0.05) is 32.2 Å². The molecule has 2 aliphatic rings. The summed E-state index contributed by atoms with van der Waals surface area (Å²) in [7, 11) is 0. The van der Waals surface area contributed by atoms with E-state index in [4.69, 9.17) is 0 Å². The summed E-state index contributed by atoms with van der Waals surface area (Å²) < 4.78 is 15.1. The van der Waals surface area contributed by atoms with Crippen molar-refractivity contribution in [1.82, 2.24) is 19.6 Å². The van der Waals surface area contributed by atoms with Gasteiger partial charge in [0.15, 0.2) is 5.69 Å². The highest BCUT2D eigenvalue weighted by molar-refractivity contribution is 5.93. The summed E-state index contributed by atoms with van der Waals surface area (Å²) >= 11 is 0. The molecule has 1 fully saturated rings. The van der Waals surface area contributed by atoms with Crippen LogP contribution in [0.4, 0.5) is 4.39 Å². The van der Waals surface area contributed by atoms with Crippen LogP contribution in [0.3, 0.4) is 0 Å². The first kappa shape index (κ1) is 17.2. The van der Waals surface area contributed by atoms with Crippen LogP contribution in [0.2, 0.25) is 0 Å². The highest BCUT2D eigenvalue weighted by Gasteiger charge is 2.35. The largest absolute Gasteiger partial charge is 0.330 e. The van der Waals surface area contributed by atoms with Crippen molar-refractivity contribution in [2.24, 2.45) is 0 Å². The fraction of sp³-hybridized carbons (Fsp3) is 0.500. The van der Waals surface area contributed by atoms with E-state index in [1.165, 1.54) is 12.1 Å².